The molecule has 0 fully saturated rings. The Morgan fingerprint density at radius 3 is 2.53 bits per heavy atom. The van der Waals surface area contributed by atoms with E-state index in [4.69, 9.17) is 5.26 Å². The Balaban J connectivity index is 2.30. The molecule has 0 aliphatic carbocycles. The van der Waals surface area contributed by atoms with Crippen molar-refractivity contribution in [2.45, 2.75) is 0 Å². The van der Waals surface area contributed by atoms with E-state index in [0.29, 0.717) is 16.7 Å². The molecular weight excluding hydrogens is 215 g/mol. The second kappa shape index (κ2) is 4.92. The van der Waals surface area contributed by atoms with E-state index >= 15 is 0 Å². The molecule has 2 aromatic rings. The summed E-state index contributed by atoms with van der Waals surface area (Å²) in [5.41, 5.74) is 1.68. The standard InChI is InChI=1S/C14H7FN2/c15-14-3-1-2-11(7-14)4-5-12-6-13(8-16)10-17-9-12/h1-3,6-7,9-10H. The zero-order valence-corrected chi connectivity index (χ0v) is 8.81. The Bertz CT molecular complexity index is 645. The van der Waals surface area contributed by atoms with Crippen molar-refractivity contribution in [2.24, 2.45) is 0 Å². The van der Waals surface area contributed by atoms with Crippen molar-refractivity contribution in [1.29, 1.82) is 5.26 Å². The van der Waals surface area contributed by atoms with Crippen LogP contribution in [0.3, 0.4) is 0 Å². The summed E-state index contributed by atoms with van der Waals surface area (Å²) in [5.74, 6) is 5.33. The number of hydrogen-bond donors (Lipinski definition) is 0. The number of halogens is 1. The smallest absolute Gasteiger partial charge is 0.124 e. The third-order valence-corrected chi connectivity index (χ3v) is 2.04. The number of hydrogen-bond acceptors (Lipinski definition) is 2. The van der Waals surface area contributed by atoms with Crippen molar-refractivity contribution in [3.05, 3.63) is 65.2 Å². The number of benzene rings is 1. The van der Waals surface area contributed by atoms with Crippen LogP contribution in [-0.4, -0.2) is 4.98 Å². The van der Waals surface area contributed by atoms with Gasteiger partial charge in [-0.3, -0.25) is 4.98 Å². The quantitative estimate of drug-likeness (QED) is 0.642. The fourth-order valence-corrected chi connectivity index (χ4v) is 1.28. The van der Waals surface area contributed by atoms with Gasteiger partial charge < -0.3 is 0 Å². The summed E-state index contributed by atoms with van der Waals surface area (Å²) in [6, 6.07) is 9.66. The maximum atomic E-state index is 12.9. The minimum absolute atomic E-state index is 0.319. The highest BCUT2D eigenvalue weighted by Crippen LogP contribution is 2.03. The number of nitrogens with zero attached hydrogens (tertiary/aromatic N) is 2. The van der Waals surface area contributed by atoms with Crippen molar-refractivity contribution >= 4 is 0 Å². The molecule has 1 heterocycles. The van der Waals surface area contributed by atoms with Gasteiger partial charge in [-0.2, -0.15) is 5.26 Å². The van der Waals surface area contributed by atoms with Crippen LogP contribution < -0.4 is 0 Å². The number of aromatic nitrogens is 1. The van der Waals surface area contributed by atoms with Crippen LogP contribution in [0.4, 0.5) is 4.39 Å². The molecule has 2 nitrogen and oxygen atoms in total. The van der Waals surface area contributed by atoms with Gasteiger partial charge in [-0.25, -0.2) is 4.39 Å². The third kappa shape index (κ3) is 2.90. The molecule has 1 aromatic carbocycles. The molecule has 1 aromatic heterocycles. The van der Waals surface area contributed by atoms with Crippen LogP contribution in [-0.2, 0) is 0 Å². The first kappa shape index (κ1) is 10.9. The average Bonchev–Trinajstić information content (AvgIpc) is 2.37. The summed E-state index contributed by atoms with van der Waals surface area (Å²) >= 11 is 0. The Labute approximate surface area is 98.4 Å². The van der Waals surface area contributed by atoms with Gasteiger partial charge in [0.25, 0.3) is 0 Å². The molecule has 0 aliphatic heterocycles. The number of nitriles is 1. The second-order valence-electron chi connectivity index (χ2n) is 3.33. The van der Waals surface area contributed by atoms with Gasteiger partial charge in [0, 0.05) is 23.5 Å². The van der Waals surface area contributed by atoms with E-state index in [1.807, 2.05) is 6.07 Å². The molecule has 0 bridgehead atoms. The first-order valence-corrected chi connectivity index (χ1v) is 4.91. The average molecular weight is 222 g/mol. The Morgan fingerprint density at radius 1 is 1.00 bits per heavy atom. The fraction of sp³-hybridized carbons (Fsp3) is 0. The van der Waals surface area contributed by atoms with Crippen LogP contribution >= 0.6 is 0 Å². The van der Waals surface area contributed by atoms with Crippen LogP contribution in [0.15, 0.2) is 42.7 Å². The maximum Gasteiger partial charge on any atom is 0.124 e. The van der Waals surface area contributed by atoms with Crippen molar-refractivity contribution in [1.82, 2.24) is 4.98 Å². The van der Waals surface area contributed by atoms with Crippen LogP contribution in [0.1, 0.15) is 16.7 Å². The summed E-state index contributed by atoms with van der Waals surface area (Å²) in [6.07, 6.45) is 3.03. The second-order valence-corrected chi connectivity index (χ2v) is 3.33. The van der Waals surface area contributed by atoms with Crippen molar-refractivity contribution < 1.29 is 4.39 Å². The molecule has 0 radical (unpaired) electrons. The van der Waals surface area contributed by atoms with E-state index in [9.17, 15) is 4.39 Å². The Hall–Kier alpha value is -2.65. The largest absolute Gasteiger partial charge is 0.262 e. The lowest BCUT2D eigenvalue weighted by Crippen LogP contribution is -1.82. The Morgan fingerprint density at radius 2 is 1.76 bits per heavy atom. The fourth-order valence-electron chi connectivity index (χ4n) is 1.28. The highest BCUT2D eigenvalue weighted by molar-refractivity contribution is 5.44. The molecule has 17 heavy (non-hydrogen) atoms. The van der Waals surface area contributed by atoms with Crippen LogP contribution in [0.5, 0.6) is 0 Å². The third-order valence-electron chi connectivity index (χ3n) is 2.04. The van der Waals surface area contributed by atoms with Crippen molar-refractivity contribution in [2.75, 3.05) is 0 Å². The van der Waals surface area contributed by atoms with E-state index in [-0.39, 0.29) is 5.82 Å². The molecule has 0 aliphatic rings. The van der Waals surface area contributed by atoms with E-state index in [1.165, 1.54) is 18.3 Å². The first-order chi connectivity index (χ1) is 8.28. The molecule has 0 saturated heterocycles. The maximum absolute atomic E-state index is 12.9. The Kier molecular flexibility index (Phi) is 3.14. The SMILES string of the molecule is N#Cc1cncc(C#Cc2cccc(F)c2)c1. The first-order valence-electron chi connectivity index (χ1n) is 4.91. The molecule has 0 N–H and O–H groups in total. The monoisotopic (exact) mass is 222 g/mol. The molecule has 2 rings (SSSR count). The van der Waals surface area contributed by atoms with Gasteiger partial charge in [-0.05, 0) is 24.3 Å². The molecule has 80 valence electrons. The topological polar surface area (TPSA) is 36.7 Å². The summed E-state index contributed by atoms with van der Waals surface area (Å²) < 4.78 is 12.9. The lowest BCUT2D eigenvalue weighted by atomic mass is 10.2. The zero-order valence-electron chi connectivity index (χ0n) is 8.81. The number of rotatable bonds is 0. The van der Waals surface area contributed by atoms with Gasteiger partial charge >= 0.3 is 0 Å². The predicted octanol–water partition coefficient (Wildman–Crippen LogP) is 2.49. The lowest BCUT2D eigenvalue weighted by molar-refractivity contribution is 0.627. The number of pyridine rings is 1. The zero-order chi connectivity index (χ0) is 12.1. The van der Waals surface area contributed by atoms with Gasteiger partial charge in [-0.1, -0.05) is 17.9 Å². The molecule has 0 atom stereocenters. The summed E-state index contributed by atoms with van der Waals surface area (Å²) in [6.45, 7) is 0. The molecule has 0 spiro atoms. The van der Waals surface area contributed by atoms with Crippen molar-refractivity contribution in [3.63, 3.8) is 0 Å². The van der Waals surface area contributed by atoms with Crippen LogP contribution in [0, 0.1) is 29.0 Å². The molecular formula is C14H7FN2. The normalized spacial score (nSPS) is 8.94. The molecule has 0 saturated carbocycles. The summed E-state index contributed by atoms with van der Waals surface area (Å²) in [4.78, 5) is 3.89. The van der Waals surface area contributed by atoms with E-state index in [2.05, 4.69) is 16.8 Å². The highest BCUT2D eigenvalue weighted by atomic mass is 19.1. The molecule has 0 amide bonds. The summed E-state index contributed by atoms with van der Waals surface area (Å²) in [7, 11) is 0. The van der Waals surface area contributed by atoms with Crippen LogP contribution in [0.25, 0.3) is 0 Å². The van der Waals surface area contributed by atoms with E-state index in [0.717, 1.165) is 0 Å². The van der Waals surface area contributed by atoms with Crippen LogP contribution in [0.2, 0.25) is 0 Å². The predicted molar refractivity (Wildman–Crippen MR) is 61.3 cm³/mol. The van der Waals surface area contributed by atoms with E-state index < -0.39 is 0 Å². The van der Waals surface area contributed by atoms with Gasteiger partial charge in [0.2, 0.25) is 0 Å². The highest BCUT2D eigenvalue weighted by Gasteiger charge is 1.93. The molecule has 0 unspecified atom stereocenters. The van der Waals surface area contributed by atoms with Gasteiger partial charge in [0.1, 0.15) is 11.9 Å². The van der Waals surface area contributed by atoms with E-state index in [1.54, 1.807) is 24.4 Å². The van der Waals surface area contributed by atoms with Gasteiger partial charge in [0.05, 0.1) is 5.56 Å². The summed E-state index contributed by atoms with van der Waals surface area (Å²) in [5, 5.41) is 8.70. The molecule has 3 heteroatoms. The minimum atomic E-state index is -0.319. The van der Waals surface area contributed by atoms with Gasteiger partial charge in [-0.15, -0.1) is 0 Å². The van der Waals surface area contributed by atoms with Gasteiger partial charge in [0.15, 0.2) is 0 Å². The lowest BCUT2D eigenvalue weighted by Gasteiger charge is -1.91. The van der Waals surface area contributed by atoms with Crippen molar-refractivity contribution in [3.8, 4) is 17.9 Å². The minimum Gasteiger partial charge on any atom is -0.262 e.